The molecule has 1 heterocycles. The number of carbonyl (C=O) groups excluding carboxylic acids is 3. The van der Waals surface area contributed by atoms with Crippen LogP contribution in [0.2, 0.25) is 6.04 Å². The lowest BCUT2D eigenvalue weighted by Gasteiger charge is -2.30. The van der Waals surface area contributed by atoms with Crippen LogP contribution in [0, 0.1) is 11.8 Å². The van der Waals surface area contributed by atoms with E-state index in [1.165, 1.54) is 17.1 Å². The van der Waals surface area contributed by atoms with Gasteiger partial charge in [-0.05, 0) is 38.0 Å². The van der Waals surface area contributed by atoms with Crippen molar-refractivity contribution in [3.63, 3.8) is 0 Å². The van der Waals surface area contributed by atoms with Crippen LogP contribution in [0.15, 0.2) is 12.2 Å². The lowest BCUT2D eigenvalue weighted by molar-refractivity contribution is -0.138. The van der Waals surface area contributed by atoms with Gasteiger partial charge in [0.2, 0.25) is 5.91 Å². The van der Waals surface area contributed by atoms with Gasteiger partial charge in [0.05, 0.1) is 0 Å². The molecule has 0 aromatic carbocycles. The van der Waals surface area contributed by atoms with Crippen LogP contribution < -0.4 is 5.32 Å². The lowest BCUT2D eigenvalue weighted by atomic mass is 9.81. The van der Waals surface area contributed by atoms with Gasteiger partial charge in [-0.1, -0.05) is 0 Å². The number of imide groups is 1. The largest absolute Gasteiger partial charge is 0.500 e. The van der Waals surface area contributed by atoms with Crippen molar-refractivity contribution in [2.75, 3.05) is 34.4 Å². The van der Waals surface area contributed by atoms with Crippen LogP contribution in [0.5, 0.6) is 0 Å². The van der Waals surface area contributed by atoms with E-state index < -0.39 is 8.80 Å². The van der Waals surface area contributed by atoms with Crippen LogP contribution in [0.25, 0.3) is 0 Å². The van der Waals surface area contributed by atoms with Crippen molar-refractivity contribution in [1.82, 2.24) is 10.2 Å². The van der Waals surface area contributed by atoms with Crippen LogP contribution >= 0.6 is 0 Å². The second kappa shape index (κ2) is 10.1. The average Bonchev–Trinajstić information content (AvgIpc) is 3.01. The summed E-state index contributed by atoms with van der Waals surface area (Å²) in [4.78, 5) is 36.9. The number of nitrogens with one attached hydrogen (secondary N) is 1. The molecule has 3 amide bonds. The first-order valence-electron chi connectivity index (χ1n) is 9.41. The summed E-state index contributed by atoms with van der Waals surface area (Å²) in [6, 6.07) is 0.648. The van der Waals surface area contributed by atoms with E-state index in [4.69, 9.17) is 13.3 Å². The molecule has 0 unspecified atom stereocenters. The van der Waals surface area contributed by atoms with Crippen LogP contribution in [0.4, 0.5) is 0 Å². The average molecular weight is 399 g/mol. The first-order chi connectivity index (χ1) is 12.9. The third-order valence-corrected chi connectivity index (χ3v) is 8.28. The maximum atomic E-state index is 12.4. The Balaban J connectivity index is 1.66. The molecule has 1 aliphatic carbocycles. The normalized spacial score (nSPS) is 23.1. The summed E-state index contributed by atoms with van der Waals surface area (Å²) < 4.78 is 16.1. The highest BCUT2D eigenvalue weighted by Crippen LogP contribution is 2.30. The van der Waals surface area contributed by atoms with Crippen molar-refractivity contribution in [3.8, 4) is 0 Å². The molecule has 9 heteroatoms. The highest BCUT2D eigenvalue weighted by atomic mass is 28.4. The predicted molar refractivity (Wildman–Crippen MR) is 101 cm³/mol. The van der Waals surface area contributed by atoms with E-state index >= 15 is 0 Å². The van der Waals surface area contributed by atoms with E-state index in [1.807, 2.05) is 0 Å². The summed E-state index contributed by atoms with van der Waals surface area (Å²) in [5.41, 5.74) is 0. The van der Waals surface area contributed by atoms with Gasteiger partial charge in [-0.25, -0.2) is 0 Å². The zero-order valence-electron chi connectivity index (χ0n) is 16.4. The summed E-state index contributed by atoms with van der Waals surface area (Å²) >= 11 is 0. The minimum absolute atomic E-state index is 0.00127. The molecule has 152 valence electrons. The summed E-state index contributed by atoms with van der Waals surface area (Å²) in [5, 5.41) is 2.99. The standard InChI is InChI=1S/C18H30N2O6Si/c1-24-27(25-2,26-3)12-4-11-19-18(23)15-7-5-14(6-8-15)13-20-16(21)9-10-17(20)22/h9-10,14-15H,4-8,11-13H2,1-3H3,(H,19,23). The number of amides is 3. The molecule has 2 aliphatic rings. The van der Waals surface area contributed by atoms with Gasteiger partial charge in [0.1, 0.15) is 0 Å². The lowest BCUT2D eigenvalue weighted by Crippen LogP contribution is -2.43. The van der Waals surface area contributed by atoms with E-state index in [9.17, 15) is 14.4 Å². The number of rotatable bonds is 10. The Kier molecular flexibility index (Phi) is 8.15. The van der Waals surface area contributed by atoms with Crippen molar-refractivity contribution in [3.05, 3.63) is 12.2 Å². The van der Waals surface area contributed by atoms with Crippen LogP contribution in [-0.4, -0.2) is 65.8 Å². The number of hydrogen-bond acceptors (Lipinski definition) is 6. The molecule has 1 aliphatic heterocycles. The second-order valence-corrected chi connectivity index (χ2v) is 10.1. The molecule has 0 bridgehead atoms. The second-order valence-electron chi connectivity index (χ2n) is 7.03. The van der Waals surface area contributed by atoms with E-state index in [0.29, 0.717) is 19.1 Å². The quantitative estimate of drug-likeness (QED) is 0.336. The Morgan fingerprint density at radius 1 is 1.07 bits per heavy atom. The van der Waals surface area contributed by atoms with Gasteiger partial charge >= 0.3 is 8.80 Å². The molecular formula is C18H30N2O6Si. The Bertz CT molecular complexity index is 544. The summed E-state index contributed by atoms with van der Waals surface area (Å²) in [6.07, 6.45) is 6.63. The summed E-state index contributed by atoms with van der Waals surface area (Å²) in [6.45, 7) is 1.02. The third-order valence-electron chi connectivity index (χ3n) is 5.45. The topological polar surface area (TPSA) is 94.2 Å². The molecule has 0 radical (unpaired) electrons. The van der Waals surface area contributed by atoms with Crippen LogP contribution in [-0.2, 0) is 27.7 Å². The van der Waals surface area contributed by atoms with Gasteiger partial charge in [0, 0.05) is 58.5 Å². The molecular weight excluding hydrogens is 368 g/mol. The fraction of sp³-hybridized carbons (Fsp3) is 0.722. The Hall–Kier alpha value is -1.55. The minimum atomic E-state index is -2.58. The molecule has 1 saturated carbocycles. The first-order valence-corrected chi connectivity index (χ1v) is 11.3. The molecule has 1 N–H and O–H groups in total. The van der Waals surface area contributed by atoms with Gasteiger partial charge < -0.3 is 18.6 Å². The maximum Gasteiger partial charge on any atom is 0.500 e. The van der Waals surface area contributed by atoms with Crippen molar-refractivity contribution < 1.29 is 27.7 Å². The van der Waals surface area contributed by atoms with Gasteiger partial charge in [-0.15, -0.1) is 0 Å². The molecule has 8 nitrogen and oxygen atoms in total. The number of nitrogens with zero attached hydrogens (tertiary/aromatic N) is 1. The molecule has 27 heavy (non-hydrogen) atoms. The van der Waals surface area contributed by atoms with E-state index in [-0.39, 0.29) is 29.6 Å². The monoisotopic (exact) mass is 398 g/mol. The first kappa shape index (κ1) is 21.7. The van der Waals surface area contributed by atoms with E-state index in [0.717, 1.165) is 32.1 Å². The van der Waals surface area contributed by atoms with Crippen LogP contribution in [0.3, 0.4) is 0 Å². The van der Waals surface area contributed by atoms with Crippen LogP contribution in [0.1, 0.15) is 32.1 Å². The van der Waals surface area contributed by atoms with Gasteiger partial charge in [-0.2, -0.15) is 0 Å². The molecule has 2 rings (SSSR count). The van der Waals surface area contributed by atoms with Crippen molar-refractivity contribution >= 4 is 26.5 Å². The highest BCUT2D eigenvalue weighted by Gasteiger charge is 2.37. The molecule has 1 fully saturated rings. The van der Waals surface area contributed by atoms with E-state index in [2.05, 4.69) is 5.32 Å². The molecule has 0 aromatic rings. The molecule has 0 saturated heterocycles. The SMILES string of the molecule is CO[Si](CCCNC(=O)C1CCC(CN2C(=O)C=CC2=O)CC1)(OC)OC. The predicted octanol–water partition coefficient (Wildman–Crippen LogP) is 1.10. The Morgan fingerprint density at radius 2 is 1.63 bits per heavy atom. The molecule has 0 spiro atoms. The van der Waals surface area contributed by atoms with E-state index in [1.54, 1.807) is 21.3 Å². The third kappa shape index (κ3) is 5.71. The highest BCUT2D eigenvalue weighted by molar-refractivity contribution is 6.60. The molecule has 0 aromatic heterocycles. The van der Waals surface area contributed by atoms with Crippen molar-refractivity contribution in [2.24, 2.45) is 11.8 Å². The Labute approximate surface area is 161 Å². The van der Waals surface area contributed by atoms with Crippen molar-refractivity contribution in [1.29, 1.82) is 0 Å². The zero-order valence-corrected chi connectivity index (χ0v) is 17.4. The molecule has 0 atom stereocenters. The minimum Gasteiger partial charge on any atom is -0.377 e. The number of hydrogen-bond donors (Lipinski definition) is 1. The summed E-state index contributed by atoms with van der Waals surface area (Å²) in [5.74, 6) is -0.120. The van der Waals surface area contributed by atoms with Gasteiger partial charge in [-0.3, -0.25) is 19.3 Å². The maximum absolute atomic E-state index is 12.4. The van der Waals surface area contributed by atoms with Crippen molar-refractivity contribution in [2.45, 2.75) is 38.1 Å². The summed E-state index contributed by atoms with van der Waals surface area (Å²) in [7, 11) is 2.15. The van der Waals surface area contributed by atoms with Gasteiger partial charge in [0.15, 0.2) is 0 Å². The van der Waals surface area contributed by atoms with Gasteiger partial charge in [0.25, 0.3) is 11.8 Å². The zero-order chi connectivity index (χ0) is 19.9. The fourth-order valence-corrected chi connectivity index (χ4v) is 5.42. The Morgan fingerprint density at radius 3 is 2.15 bits per heavy atom. The number of carbonyl (C=O) groups is 3. The smallest absolute Gasteiger partial charge is 0.377 e. The fourth-order valence-electron chi connectivity index (χ4n) is 3.69.